The lowest BCUT2D eigenvalue weighted by molar-refractivity contribution is -0.138. The number of rotatable bonds is 5. The van der Waals surface area contributed by atoms with Crippen molar-refractivity contribution in [2.75, 3.05) is 6.54 Å². The zero-order valence-corrected chi connectivity index (χ0v) is 7.47. The van der Waals surface area contributed by atoms with Gasteiger partial charge in [-0.25, -0.2) is 4.98 Å². The van der Waals surface area contributed by atoms with Gasteiger partial charge in [-0.3, -0.25) is 4.79 Å². The highest BCUT2D eigenvalue weighted by Crippen LogP contribution is 1.85. The van der Waals surface area contributed by atoms with Crippen LogP contribution in [0.15, 0.2) is 18.7 Å². The van der Waals surface area contributed by atoms with E-state index < -0.39 is 12.0 Å². The van der Waals surface area contributed by atoms with Gasteiger partial charge in [0, 0.05) is 25.5 Å². The Morgan fingerprint density at radius 3 is 3.08 bits per heavy atom. The number of carbonyl (C=O) groups is 1. The molecule has 1 rings (SSSR count). The summed E-state index contributed by atoms with van der Waals surface area (Å²) >= 11 is 0. The third-order valence-electron chi connectivity index (χ3n) is 1.75. The van der Waals surface area contributed by atoms with Crippen molar-refractivity contribution >= 4 is 5.97 Å². The van der Waals surface area contributed by atoms with E-state index in [-0.39, 0.29) is 0 Å². The van der Waals surface area contributed by atoms with Gasteiger partial charge in [0.25, 0.3) is 0 Å². The van der Waals surface area contributed by atoms with Crippen LogP contribution in [0.1, 0.15) is 6.92 Å². The largest absolute Gasteiger partial charge is 0.480 e. The number of imidazole rings is 1. The van der Waals surface area contributed by atoms with Crippen molar-refractivity contribution in [3.05, 3.63) is 18.7 Å². The number of nitrogens with zero attached hydrogens (tertiary/aromatic N) is 2. The molecule has 2 N–H and O–H groups in total. The maximum Gasteiger partial charge on any atom is 0.320 e. The van der Waals surface area contributed by atoms with Crippen molar-refractivity contribution in [2.45, 2.75) is 19.5 Å². The lowest BCUT2D eigenvalue weighted by Gasteiger charge is -2.08. The molecule has 0 aliphatic heterocycles. The zero-order valence-electron chi connectivity index (χ0n) is 7.47. The molecule has 1 aromatic rings. The van der Waals surface area contributed by atoms with Gasteiger partial charge >= 0.3 is 5.97 Å². The topological polar surface area (TPSA) is 67.2 Å². The minimum Gasteiger partial charge on any atom is -0.480 e. The first kappa shape index (κ1) is 9.73. The molecular formula is C8H13N3O2. The molecule has 1 heterocycles. The molecule has 5 heteroatoms. The van der Waals surface area contributed by atoms with Crippen LogP contribution in [-0.4, -0.2) is 33.2 Å². The lowest BCUT2D eigenvalue weighted by Crippen LogP contribution is -2.35. The van der Waals surface area contributed by atoms with Crippen molar-refractivity contribution in [1.29, 1.82) is 0 Å². The van der Waals surface area contributed by atoms with Gasteiger partial charge < -0.3 is 15.0 Å². The number of carboxylic acids is 1. The van der Waals surface area contributed by atoms with Gasteiger partial charge in [-0.2, -0.15) is 0 Å². The number of aliphatic carboxylic acids is 1. The smallest absolute Gasteiger partial charge is 0.320 e. The summed E-state index contributed by atoms with van der Waals surface area (Å²) in [5.74, 6) is -0.828. The fourth-order valence-corrected chi connectivity index (χ4v) is 0.916. The monoisotopic (exact) mass is 183 g/mol. The van der Waals surface area contributed by atoms with Crippen LogP contribution in [0.4, 0.5) is 0 Å². The molecule has 0 unspecified atom stereocenters. The van der Waals surface area contributed by atoms with Gasteiger partial charge in [0.15, 0.2) is 0 Å². The van der Waals surface area contributed by atoms with Crippen LogP contribution < -0.4 is 5.32 Å². The summed E-state index contributed by atoms with van der Waals surface area (Å²) in [6, 6.07) is -0.497. The molecule has 0 fully saturated rings. The molecule has 72 valence electrons. The molecule has 13 heavy (non-hydrogen) atoms. The molecule has 0 amide bonds. The van der Waals surface area contributed by atoms with Crippen molar-refractivity contribution < 1.29 is 9.90 Å². The average molecular weight is 183 g/mol. The second-order valence-electron chi connectivity index (χ2n) is 2.81. The van der Waals surface area contributed by atoms with E-state index in [9.17, 15) is 4.79 Å². The van der Waals surface area contributed by atoms with Crippen LogP contribution in [0.3, 0.4) is 0 Å². The van der Waals surface area contributed by atoms with Gasteiger partial charge in [0.2, 0.25) is 0 Å². The van der Waals surface area contributed by atoms with Crippen LogP contribution in [0, 0.1) is 0 Å². The van der Waals surface area contributed by atoms with E-state index in [0.29, 0.717) is 6.54 Å². The molecule has 1 atom stereocenters. The van der Waals surface area contributed by atoms with Crippen molar-refractivity contribution in [1.82, 2.24) is 14.9 Å². The summed E-state index contributed by atoms with van der Waals surface area (Å²) in [5, 5.41) is 11.4. The Hall–Kier alpha value is -1.36. The molecule has 0 spiro atoms. The predicted molar refractivity (Wildman–Crippen MR) is 47.3 cm³/mol. The Morgan fingerprint density at radius 2 is 2.54 bits per heavy atom. The van der Waals surface area contributed by atoms with Crippen LogP contribution in [0.25, 0.3) is 0 Å². The molecule has 0 aliphatic carbocycles. The van der Waals surface area contributed by atoms with E-state index in [2.05, 4.69) is 10.3 Å². The first-order valence-electron chi connectivity index (χ1n) is 4.12. The summed E-state index contributed by atoms with van der Waals surface area (Å²) in [7, 11) is 0. The van der Waals surface area contributed by atoms with Gasteiger partial charge in [-0.05, 0) is 6.92 Å². The van der Waals surface area contributed by atoms with E-state index in [1.54, 1.807) is 19.4 Å². The van der Waals surface area contributed by atoms with Crippen LogP contribution >= 0.6 is 0 Å². The quantitative estimate of drug-likeness (QED) is 0.671. The maximum atomic E-state index is 10.4. The van der Waals surface area contributed by atoms with Gasteiger partial charge in [-0.1, -0.05) is 0 Å². The minimum atomic E-state index is -0.828. The van der Waals surface area contributed by atoms with E-state index in [4.69, 9.17) is 5.11 Å². The second-order valence-corrected chi connectivity index (χ2v) is 2.81. The average Bonchev–Trinajstić information content (AvgIpc) is 2.56. The number of nitrogens with one attached hydrogen (secondary N) is 1. The maximum absolute atomic E-state index is 10.4. The van der Waals surface area contributed by atoms with Crippen LogP contribution in [0.5, 0.6) is 0 Å². The molecule has 0 aromatic carbocycles. The summed E-state index contributed by atoms with van der Waals surface area (Å²) in [6.07, 6.45) is 5.24. The Bertz CT molecular complexity index is 258. The van der Waals surface area contributed by atoms with Gasteiger partial charge in [-0.15, -0.1) is 0 Å². The summed E-state index contributed by atoms with van der Waals surface area (Å²) < 4.78 is 1.89. The van der Waals surface area contributed by atoms with Crippen molar-refractivity contribution in [3.63, 3.8) is 0 Å². The van der Waals surface area contributed by atoms with E-state index >= 15 is 0 Å². The molecule has 0 saturated carbocycles. The highest BCUT2D eigenvalue weighted by atomic mass is 16.4. The standard InChI is InChI=1S/C8H13N3O2/c1-7(8(12)13)10-3-5-11-4-2-9-6-11/h2,4,6-7,10H,3,5H2,1H3,(H,12,13)/t7-/m0/s1. The molecule has 0 aliphatic rings. The van der Waals surface area contributed by atoms with E-state index in [1.807, 2.05) is 10.8 Å². The molecule has 0 saturated heterocycles. The number of aromatic nitrogens is 2. The highest BCUT2D eigenvalue weighted by molar-refractivity contribution is 5.72. The summed E-state index contributed by atoms with van der Waals surface area (Å²) in [6.45, 7) is 2.98. The lowest BCUT2D eigenvalue weighted by atomic mass is 10.3. The highest BCUT2D eigenvalue weighted by Gasteiger charge is 2.08. The zero-order chi connectivity index (χ0) is 9.68. The predicted octanol–water partition coefficient (Wildman–Crippen LogP) is -0.0542. The normalized spacial score (nSPS) is 12.7. The Balaban J connectivity index is 2.18. The SMILES string of the molecule is C[C@H](NCCn1ccnc1)C(=O)O. The van der Waals surface area contributed by atoms with Crippen LogP contribution in [0.2, 0.25) is 0 Å². The van der Waals surface area contributed by atoms with E-state index in [0.717, 1.165) is 6.54 Å². The molecule has 1 aromatic heterocycles. The number of hydrogen-bond donors (Lipinski definition) is 2. The van der Waals surface area contributed by atoms with Gasteiger partial charge in [0.05, 0.1) is 6.33 Å². The Labute approximate surface area is 76.4 Å². The summed E-state index contributed by atoms with van der Waals surface area (Å²) in [5.41, 5.74) is 0. The molecular weight excluding hydrogens is 170 g/mol. The van der Waals surface area contributed by atoms with Crippen molar-refractivity contribution in [3.8, 4) is 0 Å². The first-order valence-corrected chi connectivity index (χ1v) is 4.12. The third kappa shape index (κ3) is 3.25. The second kappa shape index (κ2) is 4.61. The molecule has 5 nitrogen and oxygen atoms in total. The fourth-order valence-electron chi connectivity index (χ4n) is 0.916. The first-order chi connectivity index (χ1) is 6.20. The number of hydrogen-bond acceptors (Lipinski definition) is 3. The van der Waals surface area contributed by atoms with E-state index in [1.165, 1.54) is 0 Å². The van der Waals surface area contributed by atoms with Crippen LogP contribution in [-0.2, 0) is 11.3 Å². The third-order valence-corrected chi connectivity index (χ3v) is 1.75. The Kier molecular flexibility index (Phi) is 3.45. The van der Waals surface area contributed by atoms with Gasteiger partial charge in [0.1, 0.15) is 6.04 Å². The fraction of sp³-hybridized carbons (Fsp3) is 0.500. The molecule has 0 radical (unpaired) electrons. The van der Waals surface area contributed by atoms with Crippen molar-refractivity contribution in [2.24, 2.45) is 0 Å². The summed E-state index contributed by atoms with van der Waals surface area (Å²) in [4.78, 5) is 14.3. The number of carboxylic acid groups (broad SMARTS) is 1. The minimum absolute atomic E-state index is 0.497. The Morgan fingerprint density at radius 1 is 1.77 bits per heavy atom. The molecule has 0 bridgehead atoms.